The van der Waals surface area contributed by atoms with Crippen molar-refractivity contribution in [3.63, 3.8) is 0 Å². The Hall–Kier alpha value is -5.34. The largest absolute Gasteiger partial charge is 0.455 e. The van der Waals surface area contributed by atoms with Crippen LogP contribution >= 0.6 is 11.6 Å². The lowest BCUT2D eigenvalue weighted by atomic mass is 9.59. The van der Waals surface area contributed by atoms with E-state index < -0.39 is 20.9 Å². The lowest BCUT2D eigenvalue weighted by Gasteiger charge is -2.47. The lowest BCUT2D eigenvalue weighted by Crippen LogP contribution is -2.36. The number of aromatic amines is 1. The second-order valence-corrected chi connectivity index (χ2v) is 19.4. The maximum absolute atomic E-state index is 13.9. The van der Waals surface area contributed by atoms with Crippen molar-refractivity contribution in [3.05, 3.63) is 134 Å². The van der Waals surface area contributed by atoms with E-state index in [9.17, 15) is 23.3 Å². The first-order chi connectivity index (χ1) is 30.0. The molecule has 2 N–H and O–H groups in total. The molecule has 0 bridgehead atoms. The van der Waals surface area contributed by atoms with Crippen LogP contribution in [0.1, 0.15) is 91.3 Å². The molecule has 2 fully saturated rings. The van der Waals surface area contributed by atoms with Crippen LogP contribution in [0.2, 0.25) is 5.02 Å². The van der Waals surface area contributed by atoms with E-state index in [1.54, 1.807) is 24.4 Å². The molecule has 0 radical (unpaired) electrons. The van der Waals surface area contributed by atoms with Crippen LogP contribution in [0.4, 0.5) is 5.69 Å². The van der Waals surface area contributed by atoms with Crippen LogP contribution < -0.4 is 9.46 Å². The molecular formula is C48H50ClN5O7S. The van der Waals surface area contributed by atoms with Gasteiger partial charge in [0.25, 0.3) is 21.6 Å². The Balaban J connectivity index is 0.949. The van der Waals surface area contributed by atoms with Gasteiger partial charge in [-0.2, -0.15) is 0 Å². The topological polar surface area (TPSA) is 157 Å². The normalized spacial score (nSPS) is 18.4. The average Bonchev–Trinajstić information content (AvgIpc) is 3.74. The monoisotopic (exact) mass is 875 g/mol. The fraction of sp³-hybridized carbons (Fsp3) is 0.375. The minimum absolute atomic E-state index is 0.0182. The molecule has 14 heteroatoms. The molecule has 4 aliphatic rings. The van der Waals surface area contributed by atoms with Crippen LogP contribution in [0.5, 0.6) is 11.5 Å². The summed E-state index contributed by atoms with van der Waals surface area (Å²) in [6, 6.07) is 20.9. The predicted octanol–water partition coefficient (Wildman–Crippen LogP) is 10.3. The van der Waals surface area contributed by atoms with E-state index in [1.165, 1.54) is 60.7 Å². The van der Waals surface area contributed by atoms with Gasteiger partial charge >= 0.3 is 0 Å². The summed E-state index contributed by atoms with van der Waals surface area (Å²) in [4.78, 5) is 35.1. The quantitative estimate of drug-likeness (QED) is 0.0868. The number of allylic oxidation sites excluding steroid dienone is 1. The van der Waals surface area contributed by atoms with E-state index in [2.05, 4.69) is 37.8 Å². The predicted molar refractivity (Wildman–Crippen MR) is 240 cm³/mol. The highest BCUT2D eigenvalue weighted by atomic mass is 35.5. The Labute approximate surface area is 366 Å². The number of sulfonamides is 1. The Morgan fingerprint density at radius 2 is 1.82 bits per heavy atom. The summed E-state index contributed by atoms with van der Waals surface area (Å²) in [5.74, 6) is -0.0344. The molecular weight excluding hydrogens is 826 g/mol. The molecule has 2 aromatic heterocycles. The van der Waals surface area contributed by atoms with Gasteiger partial charge in [-0.3, -0.25) is 19.8 Å². The highest BCUT2D eigenvalue weighted by molar-refractivity contribution is 7.90. The molecule has 1 saturated carbocycles. The van der Waals surface area contributed by atoms with Gasteiger partial charge in [0.1, 0.15) is 17.1 Å². The number of nitrogens with zero attached hydrogens (tertiary/aromatic N) is 3. The van der Waals surface area contributed by atoms with Gasteiger partial charge in [-0.25, -0.2) is 18.1 Å². The minimum Gasteiger partial charge on any atom is -0.455 e. The third-order valence-electron chi connectivity index (χ3n) is 13.4. The summed E-state index contributed by atoms with van der Waals surface area (Å²) < 4.78 is 41.3. The molecule has 0 unspecified atom stereocenters. The summed E-state index contributed by atoms with van der Waals surface area (Å²) in [5, 5.41) is 13.7. The maximum atomic E-state index is 13.9. The lowest BCUT2D eigenvalue weighted by molar-refractivity contribution is -0.385. The second kappa shape index (κ2) is 17.8. The van der Waals surface area contributed by atoms with Crippen molar-refractivity contribution < 1.29 is 27.6 Å². The number of benzene rings is 3. The van der Waals surface area contributed by atoms with Crippen LogP contribution in [0.3, 0.4) is 0 Å². The number of carbonyl (C=O) groups excluding carboxylic acids is 1. The molecule has 0 atom stereocenters. The van der Waals surface area contributed by atoms with Crippen molar-refractivity contribution in [2.45, 2.75) is 75.5 Å². The Bertz CT molecular complexity index is 2680. The summed E-state index contributed by atoms with van der Waals surface area (Å²) >= 11 is 6.28. The number of H-pyrrole nitrogens is 1. The number of aromatic nitrogens is 2. The number of hydrogen-bond donors (Lipinski definition) is 2. The first kappa shape index (κ1) is 42.0. The maximum Gasteiger partial charge on any atom is 0.273 e. The van der Waals surface area contributed by atoms with E-state index >= 15 is 0 Å². The molecule has 9 rings (SSSR count). The fourth-order valence-corrected chi connectivity index (χ4v) is 10.7. The van der Waals surface area contributed by atoms with Gasteiger partial charge in [-0.15, -0.1) is 0 Å². The van der Waals surface area contributed by atoms with Gasteiger partial charge < -0.3 is 14.5 Å². The van der Waals surface area contributed by atoms with Crippen molar-refractivity contribution in [2.75, 3.05) is 32.8 Å². The SMILES string of the molecule is O=C(NS(=O)(=O)c1ccc(CCC2CCOCC2)c([N+](=O)[O-])c1)c1ccc(C2=CCN(CC3=C(c4ccc(Cl)cc4)CC4(CCC4)CC3)CC2)cc1Oc1cnc2[nH]ccc2c1. The van der Waals surface area contributed by atoms with Crippen molar-refractivity contribution in [1.29, 1.82) is 0 Å². The zero-order valence-corrected chi connectivity index (χ0v) is 36.1. The first-order valence-electron chi connectivity index (χ1n) is 21.6. The molecule has 1 saturated heterocycles. The Kier molecular flexibility index (Phi) is 12.1. The van der Waals surface area contributed by atoms with E-state index in [0.717, 1.165) is 85.8 Å². The minimum atomic E-state index is -4.52. The smallest absolute Gasteiger partial charge is 0.273 e. The molecule has 5 aromatic rings. The average molecular weight is 876 g/mol. The molecule has 62 heavy (non-hydrogen) atoms. The van der Waals surface area contributed by atoms with Crippen molar-refractivity contribution in [1.82, 2.24) is 19.6 Å². The summed E-state index contributed by atoms with van der Waals surface area (Å²) in [6.45, 7) is 3.84. The van der Waals surface area contributed by atoms with Crippen LogP contribution in [0.25, 0.3) is 22.2 Å². The number of amides is 1. The number of carbonyl (C=O) groups is 1. The van der Waals surface area contributed by atoms with Gasteiger partial charge in [0, 0.05) is 61.1 Å². The van der Waals surface area contributed by atoms with Gasteiger partial charge in [-0.1, -0.05) is 53.9 Å². The van der Waals surface area contributed by atoms with E-state index in [4.69, 9.17) is 21.1 Å². The zero-order chi connectivity index (χ0) is 42.8. The number of pyridine rings is 1. The summed E-state index contributed by atoms with van der Waals surface area (Å²) in [6.07, 6.45) is 16.6. The second-order valence-electron chi connectivity index (χ2n) is 17.3. The molecule has 2 aliphatic carbocycles. The molecule has 4 heterocycles. The molecule has 2 aliphatic heterocycles. The van der Waals surface area contributed by atoms with Crippen molar-refractivity contribution in [2.24, 2.45) is 11.3 Å². The van der Waals surface area contributed by atoms with Crippen molar-refractivity contribution in [3.8, 4) is 11.5 Å². The Morgan fingerprint density at radius 3 is 2.56 bits per heavy atom. The van der Waals surface area contributed by atoms with E-state index in [-0.39, 0.29) is 21.9 Å². The van der Waals surface area contributed by atoms with Crippen molar-refractivity contribution >= 4 is 55.4 Å². The summed E-state index contributed by atoms with van der Waals surface area (Å²) in [5.41, 5.74) is 7.45. The zero-order valence-electron chi connectivity index (χ0n) is 34.5. The molecule has 322 valence electrons. The van der Waals surface area contributed by atoms with Gasteiger partial charge in [0.2, 0.25) is 0 Å². The highest BCUT2D eigenvalue weighted by Crippen LogP contribution is 2.55. The van der Waals surface area contributed by atoms with Gasteiger partial charge in [0.15, 0.2) is 0 Å². The molecule has 3 aromatic carbocycles. The summed E-state index contributed by atoms with van der Waals surface area (Å²) in [7, 11) is -4.52. The number of halogens is 1. The standard InChI is InChI=1S/C48H50ClN5O7S/c49-39-8-4-34(5-9-39)43-29-48(18-1-19-48)20-12-38(43)31-53-22-14-33(15-23-53)36-7-11-42(45(27-36)61-40-26-37-13-21-50-46(37)51-30-40)47(55)52-62(58,59)41-10-6-35(44(28-41)54(56)57)3-2-32-16-24-60-25-17-32/h4-11,13-14,21,26-28,30,32H,1-3,12,15-20,22-25,29,31H2,(H,50,51)(H,52,55). The first-order valence-corrected chi connectivity index (χ1v) is 23.4. The molecule has 12 nitrogen and oxygen atoms in total. The third-order valence-corrected chi connectivity index (χ3v) is 15.0. The Morgan fingerprint density at radius 1 is 1.02 bits per heavy atom. The van der Waals surface area contributed by atoms with Gasteiger partial charge in [0.05, 0.1) is 21.6 Å². The van der Waals surface area contributed by atoms with Crippen LogP contribution in [-0.4, -0.2) is 67.0 Å². The van der Waals surface area contributed by atoms with E-state index in [0.29, 0.717) is 47.9 Å². The van der Waals surface area contributed by atoms with Gasteiger partial charge in [-0.05, 0) is 140 Å². The number of aryl methyl sites for hydroxylation is 1. The number of hydrogen-bond acceptors (Lipinski definition) is 9. The third kappa shape index (κ3) is 9.22. The molecule has 1 amide bonds. The van der Waals surface area contributed by atoms with Crippen LogP contribution in [0, 0.1) is 21.4 Å². The number of ether oxygens (including phenoxy) is 2. The van der Waals surface area contributed by atoms with Crippen LogP contribution in [0.15, 0.2) is 102 Å². The number of nitro benzene ring substituents is 1. The van der Waals surface area contributed by atoms with E-state index in [1.807, 2.05) is 24.3 Å². The fourth-order valence-electron chi connectivity index (χ4n) is 9.60. The number of nitro groups is 1. The highest BCUT2D eigenvalue weighted by Gasteiger charge is 2.41. The number of fused-ring (bicyclic) bond motifs is 1. The van der Waals surface area contributed by atoms with Crippen LogP contribution in [-0.2, 0) is 21.2 Å². The number of rotatable bonds is 13. The number of nitrogens with one attached hydrogen (secondary N) is 2. The molecule has 1 spiro atoms.